The molecule has 1 N–H and O–H groups in total. The van der Waals surface area contributed by atoms with Crippen molar-refractivity contribution in [3.05, 3.63) is 29.8 Å². The van der Waals surface area contributed by atoms with E-state index in [0.717, 1.165) is 17.7 Å². The molecular formula is C16H25NO2. The SMILES string of the molecule is CC[C@H](Oc1ccccc1C)C(=O)NCCC(C)C. The number of carbonyl (C=O) groups excluding carboxylic acids is 1. The zero-order chi connectivity index (χ0) is 14.3. The van der Waals surface area contributed by atoms with Crippen molar-refractivity contribution in [3.8, 4) is 5.75 Å². The maximum Gasteiger partial charge on any atom is 0.261 e. The van der Waals surface area contributed by atoms with Gasteiger partial charge in [0.15, 0.2) is 6.10 Å². The molecule has 0 aromatic heterocycles. The lowest BCUT2D eigenvalue weighted by atomic mass is 10.1. The Hall–Kier alpha value is -1.51. The molecule has 0 fully saturated rings. The van der Waals surface area contributed by atoms with E-state index in [0.29, 0.717) is 18.9 Å². The molecule has 1 amide bonds. The molecule has 1 aromatic rings. The van der Waals surface area contributed by atoms with E-state index < -0.39 is 6.10 Å². The summed E-state index contributed by atoms with van der Waals surface area (Å²) in [6.45, 7) is 8.95. The number of hydrogen-bond acceptors (Lipinski definition) is 2. The third kappa shape index (κ3) is 5.33. The monoisotopic (exact) mass is 263 g/mol. The molecule has 1 rings (SSSR count). The average molecular weight is 263 g/mol. The number of ether oxygens (including phenoxy) is 1. The van der Waals surface area contributed by atoms with E-state index in [4.69, 9.17) is 4.74 Å². The number of nitrogens with one attached hydrogen (secondary N) is 1. The zero-order valence-corrected chi connectivity index (χ0v) is 12.4. The summed E-state index contributed by atoms with van der Waals surface area (Å²) in [5, 5.41) is 2.94. The minimum Gasteiger partial charge on any atom is -0.480 e. The van der Waals surface area contributed by atoms with Crippen LogP contribution in [0.1, 0.15) is 39.2 Å². The highest BCUT2D eigenvalue weighted by Crippen LogP contribution is 2.18. The topological polar surface area (TPSA) is 38.3 Å². The Kier molecular flexibility index (Phi) is 6.40. The molecular weight excluding hydrogens is 238 g/mol. The van der Waals surface area contributed by atoms with E-state index in [1.807, 2.05) is 38.1 Å². The van der Waals surface area contributed by atoms with Gasteiger partial charge in [-0.1, -0.05) is 39.0 Å². The molecule has 1 aromatic carbocycles. The lowest BCUT2D eigenvalue weighted by Crippen LogP contribution is -2.38. The van der Waals surface area contributed by atoms with Crippen molar-refractivity contribution >= 4 is 5.91 Å². The molecule has 0 saturated heterocycles. The van der Waals surface area contributed by atoms with Gasteiger partial charge < -0.3 is 10.1 Å². The third-order valence-corrected chi connectivity index (χ3v) is 3.05. The predicted molar refractivity (Wildman–Crippen MR) is 78.4 cm³/mol. The summed E-state index contributed by atoms with van der Waals surface area (Å²) in [5.74, 6) is 1.36. The van der Waals surface area contributed by atoms with Crippen LogP contribution >= 0.6 is 0 Å². The fourth-order valence-electron chi connectivity index (χ4n) is 1.76. The van der Waals surface area contributed by atoms with E-state index in [1.54, 1.807) is 0 Å². The number of rotatable bonds is 7. The number of para-hydroxylation sites is 1. The first-order valence-electron chi connectivity index (χ1n) is 7.04. The summed E-state index contributed by atoms with van der Waals surface area (Å²) in [7, 11) is 0. The van der Waals surface area contributed by atoms with Crippen molar-refractivity contribution in [3.63, 3.8) is 0 Å². The van der Waals surface area contributed by atoms with Crippen molar-refractivity contribution in [2.45, 2.75) is 46.6 Å². The maximum atomic E-state index is 12.0. The quantitative estimate of drug-likeness (QED) is 0.819. The van der Waals surface area contributed by atoms with Crippen LogP contribution in [0.4, 0.5) is 0 Å². The van der Waals surface area contributed by atoms with Gasteiger partial charge >= 0.3 is 0 Å². The average Bonchev–Trinajstić information content (AvgIpc) is 2.37. The molecule has 1 atom stereocenters. The van der Waals surface area contributed by atoms with Crippen LogP contribution in [0, 0.1) is 12.8 Å². The Bertz CT molecular complexity index is 401. The number of benzene rings is 1. The fraction of sp³-hybridized carbons (Fsp3) is 0.562. The van der Waals surface area contributed by atoms with Gasteiger partial charge in [0.2, 0.25) is 0 Å². The zero-order valence-electron chi connectivity index (χ0n) is 12.4. The van der Waals surface area contributed by atoms with Crippen LogP contribution in [0.5, 0.6) is 5.75 Å². The summed E-state index contributed by atoms with van der Waals surface area (Å²) in [6.07, 6.45) is 1.25. The minimum absolute atomic E-state index is 0.0218. The highest BCUT2D eigenvalue weighted by atomic mass is 16.5. The molecule has 0 aliphatic rings. The summed E-state index contributed by atoms with van der Waals surface area (Å²) >= 11 is 0. The largest absolute Gasteiger partial charge is 0.480 e. The summed E-state index contributed by atoms with van der Waals surface area (Å²) in [6, 6.07) is 7.77. The molecule has 0 bridgehead atoms. The normalized spacial score (nSPS) is 12.3. The van der Waals surface area contributed by atoms with Gasteiger partial charge in [-0.25, -0.2) is 0 Å². The molecule has 0 radical (unpaired) electrons. The lowest BCUT2D eigenvalue weighted by molar-refractivity contribution is -0.128. The van der Waals surface area contributed by atoms with Crippen molar-refractivity contribution in [1.29, 1.82) is 0 Å². The Morgan fingerprint density at radius 3 is 2.58 bits per heavy atom. The fourth-order valence-corrected chi connectivity index (χ4v) is 1.76. The highest BCUT2D eigenvalue weighted by Gasteiger charge is 2.18. The Morgan fingerprint density at radius 1 is 1.32 bits per heavy atom. The summed E-state index contributed by atoms with van der Waals surface area (Å²) in [4.78, 5) is 12.0. The van der Waals surface area contributed by atoms with Gasteiger partial charge in [-0.2, -0.15) is 0 Å². The van der Waals surface area contributed by atoms with Crippen LogP contribution in [0.15, 0.2) is 24.3 Å². The molecule has 0 aliphatic carbocycles. The third-order valence-electron chi connectivity index (χ3n) is 3.05. The number of carbonyl (C=O) groups is 1. The van der Waals surface area contributed by atoms with Crippen molar-refractivity contribution in [1.82, 2.24) is 5.32 Å². The predicted octanol–water partition coefficient (Wildman–Crippen LogP) is 3.31. The van der Waals surface area contributed by atoms with E-state index in [2.05, 4.69) is 19.2 Å². The van der Waals surface area contributed by atoms with Crippen molar-refractivity contribution < 1.29 is 9.53 Å². The van der Waals surface area contributed by atoms with Gasteiger partial charge in [0, 0.05) is 6.54 Å². The molecule has 106 valence electrons. The van der Waals surface area contributed by atoms with E-state index in [1.165, 1.54) is 0 Å². The molecule has 0 aliphatic heterocycles. The second-order valence-electron chi connectivity index (χ2n) is 5.25. The number of aryl methyl sites for hydroxylation is 1. The van der Waals surface area contributed by atoms with Crippen LogP contribution in [0.2, 0.25) is 0 Å². The molecule has 3 heteroatoms. The first-order valence-corrected chi connectivity index (χ1v) is 7.04. The van der Waals surface area contributed by atoms with E-state index in [9.17, 15) is 4.79 Å². The molecule has 3 nitrogen and oxygen atoms in total. The standard InChI is InChI=1S/C16H25NO2/c1-5-14(16(18)17-11-10-12(2)3)19-15-9-7-6-8-13(15)4/h6-9,12,14H,5,10-11H2,1-4H3,(H,17,18)/t14-/m0/s1. The van der Waals surface area contributed by atoms with Gasteiger partial charge in [0.1, 0.15) is 5.75 Å². The first-order chi connectivity index (χ1) is 9.04. The van der Waals surface area contributed by atoms with Gasteiger partial charge in [0.25, 0.3) is 5.91 Å². The number of hydrogen-bond donors (Lipinski definition) is 1. The Balaban J connectivity index is 2.53. The van der Waals surface area contributed by atoms with Crippen LogP contribution < -0.4 is 10.1 Å². The molecule has 19 heavy (non-hydrogen) atoms. The van der Waals surface area contributed by atoms with Crippen molar-refractivity contribution in [2.24, 2.45) is 5.92 Å². The van der Waals surface area contributed by atoms with E-state index in [-0.39, 0.29) is 5.91 Å². The van der Waals surface area contributed by atoms with Gasteiger partial charge in [-0.05, 0) is 37.3 Å². The first kappa shape index (κ1) is 15.5. The Morgan fingerprint density at radius 2 is 2.00 bits per heavy atom. The molecule has 0 heterocycles. The summed E-state index contributed by atoms with van der Waals surface area (Å²) in [5.41, 5.74) is 1.05. The second kappa shape index (κ2) is 7.82. The van der Waals surface area contributed by atoms with Crippen LogP contribution in [0.25, 0.3) is 0 Å². The molecule has 0 saturated carbocycles. The number of amides is 1. The molecule has 0 spiro atoms. The maximum absolute atomic E-state index is 12.0. The molecule has 0 unspecified atom stereocenters. The lowest BCUT2D eigenvalue weighted by Gasteiger charge is -2.18. The second-order valence-corrected chi connectivity index (χ2v) is 5.25. The smallest absolute Gasteiger partial charge is 0.261 e. The van der Waals surface area contributed by atoms with Crippen LogP contribution in [0.3, 0.4) is 0 Å². The van der Waals surface area contributed by atoms with Crippen molar-refractivity contribution in [2.75, 3.05) is 6.54 Å². The van der Waals surface area contributed by atoms with E-state index >= 15 is 0 Å². The minimum atomic E-state index is -0.409. The van der Waals surface area contributed by atoms with Crippen LogP contribution in [-0.2, 0) is 4.79 Å². The summed E-state index contributed by atoms with van der Waals surface area (Å²) < 4.78 is 5.80. The highest BCUT2D eigenvalue weighted by molar-refractivity contribution is 5.81. The Labute approximate surface area is 116 Å². The van der Waals surface area contributed by atoms with Gasteiger partial charge in [-0.15, -0.1) is 0 Å². The van der Waals surface area contributed by atoms with Gasteiger partial charge in [0.05, 0.1) is 0 Å². The van der Waals surface area contributed by atoms with Crippen LogP contribution in [-0.4, -0.2) is 18.6 Å². The van der Waals surface area contributed by atoms with Gasteiger partial charge in [-0.3, -0.25) is 4.79 Å².